The number of carbonyl (C=O) groups excluding carboxylic acids is 8. The molecule has 0 saturated carbocycles. The summed E-state index contributed by atoms with van der Waals surface area (Å²) in [7, 11) is 0. The van der Waals surface area contributed by atoms with Gasteiger partial charge in [-0.05, 0) is 53.9 Å². The number of aromatic nitrogens is 2. The smallest absolute Gasteiger partial charge is 0.359 e. The number of unbranched alkanes of at least 4 members (excludes halogenated alkanes) is 3. The van der Waals surface area contributed by atoms with Gasteiger partial charge in [-0.15, -0.1) is 0 Å². The Morgan fingerprint density at radius 1 is 0.623 bits per heavy atom. The highest BCUT2D eigenvalue weighted by molar-refractivity contribution is 5.97. The first-order valence-electron chi connectivity index (χ1n) is 26.5. The second-order valence-corrected chi connectivity index (χ2v) is 20.5. The fourth-order valence-corrected chi connectivity index (χ4v) is 8.05. The molecule has 0 fully saturated rings. The van der Waals surface area contributed by atoms with Crippen LogP contribution in [-0.4, -0.2) is 110 Å². The number of fused-ring (bicyclic) bond motifs is 1. The van der Waals surface area contributed by atoms with Crippen molar-refractivity contribution in [2.75, 3.05) is 38.3 Å². The van der Waals surface area contributed by atoms with Crippen molar-refractivity contribution >= 4 is 53.3 Å². The molecule has 0 spiro atoms. The molecule has 3 aromatic carbocycles. The number of anilines is 1. The lowest BCUT2D eigenvalue weighted by Gasteiger charge is -2.25. The van der Waals surface area contributed by atoms with Gasteiger partial charge in [-0.3, -0.25) is 38.9 Å². The lowest BCUT2D eigenvalue weighted by molar-refractivity contribution is -0.552. The molecule has 1 aliphatic rings. The van der Waals surface area contributed by atoms with Crippen LogP contribution in [0.3, 0.4) is 0 Å². The van der Waals surface area contributed by atoms with E-state index in [0.717, 1.165) is 35.7 Å². The molecule has 2 heterocycles. The molecule has 1 aromatic heterocycles. The van der Waals surface area contributed by atoms with Gasteiger partial charge in [-0.1, -0.05) is 127 Å². The highest BCUT2D eigenvalue weighted by atomic mass is 16.5. The summed E-state index contributed by atoms with van der Waals surface area (Å²) in [6.45, 7) is 12.9. The molecule has 1 unspecified atom stereocenters. The maximum absolute atomic E-state index is 13.9. The Labute approximate surface area is 451 Å². The molecular formula is C58H76N7O12+. The van der Waals surface area contributed by atoms with Crippen LogP contribution < -0.4 is 35.9 Å². The molecule has 19 nitrogen and oxygen atoms in total. The summed E-state index contributed by atoms with van der Waals surface area (Å²) >= 11 is 0. The van der Waals surface area contributed by atoms with Gasteiger partial charge in [-0.2, -0.15) is 4.57 Å². The highest BCUT2D eigenvalue weighted by Crippen LogP contribution is 2.26. The van der Waals surface area contributed by atoms with Gasteiger partial charge < -0.3 is 40.2 Å². The molecule has 0 saturated heterocycles. The number of rotatable bonds is 31. The average Bonchev–Trinajstić information content (AvgIpc) is 3.75. The van der Waals surface area contributed by atoms with Crippen molar-refractivity contribution in [1.29, 1.82) is 0 Å². The number of benzene rings is 3. The minimum absolute atomic E-state index is 0.00239. The number of esters is 3. The maximum atomic E-state index is 13.9. The fraction of sp³-hybridized carbons (Fsp3) is 0.483. The van der Waals surface area contributed by atoms with Gasteiger partial charge in [0.1, 0.15) is 41.5 Å². The molecule has 5 N–H and O–H groups in total. The number of ether oxygens (including phenoxy) is 4. The molecule has 4 amide bonds. The van der Waals surface area contributed by atoms with Gasteiger partial charge in [0, 0.05) is 31.9 Å². The van der Waals surface area contributed by atoms with E-state index in [4.69, 9.17) is 23.9 Å². The predicted molar refractivity (Wildman–Crippen MR) is 287 cm³/mol. The summed E-state index contributed by atoms with van der Waals surface area (Å²) < 4.78 is 23.6. The Bertz CT molecular complexity index is 2630. The molecule has 77 heavy (non-hydrogen) atoms. The van der Waals surface area contributed by atoms with Gasteiger partial charge in [0.05, 0.1) is 45.7 Å². The third kappa shape index (κ3) is 20.7. The lowest BCUT2D eigenvalue weighted by Crippen LogP contribution is -2.57. The zero-order valence-electron chi connectivity index (χ0n) is 45.4. The van der Waals surface area contributed by atoms with Gasteiger partial charge in [0.25, 0.3) is 0 Å². The van der Waals surface area contributed by atoms with Crippen molar-refractivity contribution in [3.05, 3.63) is 108 Å². The second-order valence-electron chi connectivity index (χ2n) is 20.5. The van der Waals surface area contributed by atoms with Crippen LogP contribution >= 0.6 is 0 Å². The normalized spacial score (nSPS) is 13.9. The van der Waals surface area contributed by atoms with Crippen LogP contribution in [0.15, 0.2) is 91.1 Å². The highest BCUT2D eigenvalue weighted by Gasteiger charge is 2.41. The van der Waals surface area contributed by atoms with Crippen LogP contribution in [0.5, 0.6) is 5.75 Å². The number of nitrogens with one attached hydrogen (secondary N) is 5. The van der Waals surface area contributed by atoms with Crippen LogP contribution in [0.1, 0.15) is 115 Å². The average molecular weight is 1060 g/mol. The summed E-state index contributed by atoms with van der Waals surface area (Å²) in [6, 6.07) is 22.4. The van der Waals surface area contributed by atoms with Crippen LogP contribution in [0.2, 0.25) is 0 Å². The molecule has 19 heteroatoms. The summed E-state index contributed by atoms with van der Waals surface area (Å²) in [5.74, 6) is -4.45. The first-order valence-corrected chi connectivity index (χ1v) is 26.5. The Morgan fingerprint density at radius 3 is 1.70 bits per heavy atom. The van der Waals surface area contributed by atoms with Crippen molar-refractivity contribution in [3.8, 4) is 17.0 Å². The minimum Gasteiger partial charge on any atom is -0.494 e. The first kappa shape index (κ1) is 60.2. The number of nitrogens with zero attached hydrogens (tertiary/aromatic N) is 2. The minimum atomic E-state index is -1.65. The third-order valence-electron chi connectivity index (χ3n) is 11.9. The topological polar surface area (TPSA) is 250 Å². The molecule has 0 aliphatic carbocycles. The van der Waals surface area contributed by atoms with Crippen molar-refractivity contribution in [2.24, 2.45) is 17.8 Å². The quantitative estimate of drug-likeness (QED) is 0.0178. The van der Waals surface area contributed by atoms with Crippen LogP contribution in [0, 0.1) is 17.8 Å². The van der Waals surface area contributed by atoms with E-state index in [0.29, 0.717) is 56.0 Å². The maximum Gasteiger partial charge on any atom is 0.359 e. The zero-order chi connectivity index (χ0) is 55.9. The van der Waals surface area contributed by atoms with E-state index >= 15 is 0 Å². The molecule has 1 aliphatic heterocycles. The van der Waals surface area contributed by atoms with Gasteiger partial charge in [0.2, 0.25) is 23.6 Å². The molecule has 5 rings (SSSR count). The van der Waals surface area contributed by atoms with E-state index < -0.39 is 85.0 Å². The van der Waals surface area contributed by atoms with Crippen molar-refractivity contribution in [1.82, 2.24) is 26.3 Å². The number of hydrogen-bond donors (Lipinski definition) is 5. The fourth-order valence-electron chi connectivity index (χ4n) is 8.05. The largest absolute Gasteiger partial charge is 0.494 e. The standard InChI is InChI=1S/C58H75N7O12/c1-37(2)34-75-51(67)30-46(63-57(72)48(32-53(69)77-36-39(5)6)64-56(71)47(60-40(7)66)31-52(68)76-35-38(3)4)55(70)59-25-16-8-9-17-26-74-44-24-18-21-42(27-44)29-49-58(73)65-33-50(43-22-14-11-15-23-43)61-45(54(65)62-49)28-41-19-12-10-13-20-41/h10-15,18-24,27,33,37-39,46-49H,8-9,16-17,25-26,28-32,34-36H2,1-7H3,(H4,59,60,63,64,66,70,71,72)/p+1/t46-,47-,48-,49?/m0/s1. The van der Waals surface area contributed by atoms with E-state index in [1.807, 2.05) is 126 Å². The van der Waals surface area contributed by atoms with Gasteiger partial charge in [0.15, 0.2) is 6.04 Å². The molecule has 0 bridgehead atoms. The summed E-state index contributed by atoms with van der Waals surface area (Å²) in [6.07, 6.45) is 3.74. The van der Waals surface area contributed by atoms with Crippen LogP contribution in [-0.2, 0) is 60.6 Å². The Kier molecular flexibility index (Phi) is 24.0. The lowest BCUT2D eigenvalue weighted by atomic mass is 10.1. The van der Waals surface area contributed by atoms with Crippen LogP contribution in [0.25, 0.3) is 11.3 Å². The first-order chi connectivity index (χ1) is 36.8. The number of carbonyl (C=O) groups is 8. The van der Waals surface area contributed by atoms with E-state index in [9.17, 15) is 38.4 Å². The number of amides is 4. The summed E-state index contributed by atoms with van der Waals surface area (Å²) in [5.41, 5.74) is 4.43. The van der Waals surface area contributed by atoms with Crippen molar-refractivity contribution in [2.45, 2.75) is 130 Å². The third-order valence-corrected chi connectivity index (χ3v) is 11.9. The molecule has 4 aromatic rings. The SMILES string of the molecule is CC(=O)N[C@@H](CC(=O)OCC(C)C)C(=O)N[C@@H](CC(=O)OCC(C)C)C(=O)N[C@@H](CC(=O)OCC(C)C)C(=O)NCCCCCCOc1cccc(CC2Nc3c(Cc4ccccc4)nc(-c4ccccc4)c[n+]3C2=O)c1. The second kappa shape index (κ2) is 30.8. The van der Waals surface area contributed by atoms with E-state index in [1.54, 1.807) is 10.8 Å². The van der Waals surface area contributed by atoms with Crippen molar-refractivity contribution in [3.63, 3.8) is 0 Å². The predicted octanol–water partition coefficient (Wildman–Crippen LogP) is 5.60. The van der Waals surface area contributed by atoms with E-state index in [1.165, 1.54) is 0 Å². The number of hydrogen-bond acceptors (Lipinski definition) is 14. The molecule has 4 atom stereocenters. The molecule has 0 radical (unpaired) electrons. The van der Waals surface area contributed by atoms with Gasteiger partial charge in [-0.25, -0.2) is 9.78 Å². The van der Waals surface area contributed by atoms with Crippen LogP contribution in [0.4, 0.5) is 5.82 Å². The summed E-state index contributed by atoms with van der Waals surface area (Å²) in [4.78, 5) is 111. The molecule has 414 valence electrons. The van der Waals surface area contributed by atoms with Crippen molar-refractivity contribution < 1.29 is 61.9 Å². The van der Waals surface area contributed by atoms with E-state index in [-0.39, 0.29) is 50.0 Å². The van der Waals surface area contributed by atoms with E-state index in [2.05, 4.69) is 26.6 Å². The zero-order valence-corrected chi connectivity index (χ0v) is 45.4. The molecular weight excluding hydrogens is 987 g/mol. The summed E-state index contributed by atoms with van der Waals surface area (Å²) in [5, 5.41) is 13.5. The van der Waals surface area contributed by atoms with Gasteiger partial charge >= 0.3 is 29.6 Å². The Balaban J connectivity index is 1.14. The Morgan fingerprint density at radius 2 is 1.14 bits per heavy atom. The Hall–Kier alpha value is -7.70. The monoisotopic (exact) mass is 1060 g/mol.